The minimum atomic E-state index is -5.27. The van der Waals surface area contributed by atoms with Gasteiger partial charge in [0, 0.05) is 42.6 Å². The van der Waals surface area contributed by atoms with Crippen LogP contribution in [0.25, 0.3) is 0 Å². The first-order valence-electron chi connectivity index (χ1n) is 10.8. The zero-order valence-electron chi connectivity index (χ0n) is 18.0. The van der Waals surface area contributed by atoms with Crippen LogP contribution in [-0.2, 0) is 15.2 Å². The van der Waals surface area contributed by atoms with E-state index < -0.39 is 34.5 Å². The van der Waals surface area contributed by atoms with Crippen LogP contribution in [0, 0.1) is 11.2 Å². The molecule has 4 rings (SSSR count). The molecule has 0 bridgehead atoms. The van der Waals surface area contributed by atoms with Crippen LogP contribution in [0.4, 0.5) is 17.6 Å². The number of piperidine rings is 2. The molecule has 0 saturated carbocycles. The highest BCUT2D eigenvalue weighted by Gasteiger charge is 2.62. The van der Waals surface area contributed by atoms with Gasteiger partial charge in [-0.15, -0.1) is 0 Å². The summed E-state index contributed by atoms with van der Waals surface area (Å²) >= 11 is 5.82. The smallest absolute Gasteiger partial charge is 0.368 e. The molecular weight excluding hydrogens is 476 g/mol. The Bertz CT molecular complexity index is 1080. The normalized spacial score (nSPS) is 22.2. The molecule has 34 heavy (non-hydrogen) atoms. The summed E-state index contributed by atoms with van der Waals surface area (Å²) < 4.78 is 55.5. The van der Waals surface area contributed by atoms with E-state index in [0.29, 0.717) is 6.54 Å². The second-order valence-electron chi connectivity index (χ2n) is 8.96. The molecule has 0 radical (unpaired) electrons. The number of aliphatic hydroxyl groups is 1. The van der Waals surface area contributed by atoms with Crippen LogP contribution in [0.15, 0.2) is 48.5 Å². The number of nitrogens with one attached hydrogen (secondary N) is 1. The first-order valence-corrected chi connectivity index (χ1v) is 11.2. The Morgan fingerprint density at radius 3 is 2.35 bits per heavy atom. The largest absolute Gasteiger partial charge is 0.430 e. The second-order valence-corrected chi connectivity index (χ2v) is 9.39. The monoisotopic (exact) mass is 498 g/mol. The van der Waals surface area contributed by atoms with E-state index >= 15 is 0 Å². The van der Waals surface area contributed by atoms with Gasteiger partial charge < -0.3 is 15.3 Å². The van der Waals surface area contributed by atoms with E-state index in [1.54, 1.807) is 12.1 Å². The molecular formula is C24H23ClF4N2O3. The summed E-state index contributed by atoms with van der Waals surface area (Å²) in [4.78, 5) is 26.3. The van der Waals surface area contributed by atoms with Crippen molar-refractivity contribution in [3.05, 3.63) is 70.5 Å². The fourth-order valence-electron chi connectivity index (χ4n) is 5.14. The number of halogens is 5. The molecule has 2 N–H and O–H groups in total. The van der Waals surface area contributed by atoms with Crippen LogP contribution in [0.5, 0.6) is 0 Å². The highest BCUT2D eigenvalue weighted by atomic mass is 35.5. The van der Waals surface area contributed by atoms with Gasteiger partial charge in [0.15, 0.2) is 0 Å². The molecule has 10 heteroatoms. The predicted octanol–water partition coefficient (Wildman–Crippen LogP) is 4.14. The van der Waals surface area contributed by atoms with E-state index in [2.05, 4.69) is 5.32 Å². The van der Waals surface area contributed by atoms with Crippen molar-refractivity contribution in [3.8, 4) is 0 Å². The molecule has 2 aliphatic heterocycles. The van der Waals surface area contributed by atoms with Crippen LogP contribution in [-0.4, -0.2) is 47.6 Å². The molecule has 182 valence electrons. The molecule has 2 saturated heterocycles. The van der Waals surface area contributed by atoms with E-state index in [1.165, 1.54) is 24.3 Å². The molecule has 5 nitrogen and oxygen atoms in total. The van der Waals surface area contributed by atoms with Gasteiger partial charge in [0.05, 0.1) is 0 Å². The number of nitrogens with zero attached hydrogens (tertiary/aromatic N) is 1. The number of hydrogen-bond donors (Lipinski definition) is 2. The summed E-state index contributed by atoms with van der Waals surface area (Å²) in [6.45, 7) is 0.180. The van der Waals surface area contributed by atoms with E-state index in [1.807, 2.05) is 0 Å². The quantitative estimate of drug-likeness (QED) is 0.625. The van der Waals surface area contributed by atoms with Crippen LogP contribution in [0.2, 0.25) is 5.02 Å². The Labute approximate surface area is 198 Å². The lowest BCUT2D eigenvalue weighted by atomic mass is 9.62. The molecule has 2 aromatic carbocycles. The van der Waals surface area contributed by atoms with Gasteiger partial charge in [-0.05, 0) is 48.1 Å². The van der Waals surface area contributed by atoms with Gasteiger partial charge in [-0.1, -0.05) is 35.9 Å². The van der Waals surface area contributed by atoms with Crippen molar-refractivity contribution in [2.45, 2.75) is 37.0 Å². The standard InChI is InChI=1S/C24H23ClF4N2O3/c25-17-3-1-2-16(12-17)23(34,24(27,28)29)21(33)31-10-8-22(9-11-31)13-20(32)30-14-19(22)15-4-6-18(26)7-5-15/h1-7,12,19,34H,8-11,13-14H2,(H,30,32)/t19-,23+/m0/s1. The van der Waals surface area contributed by atoms with Crippen LogP contribution < -0.4 is 5.32 Å². The van der Waals surface area contributed by atoms with E-state index in [4.69, 9.17) is 11.6 Å². The van der Waals surface area contributed by atoms with Crippen molar-refractivity contribution in [3.63, 3.8) is 0 Å². The van der Waals surface area contributed by atoms with E-state index in [-0.39, 0.29) is 49.2 Å². The van der Waals surface area contributed by atoms with Crippen molar-refractivity contribution >= 4 is 23.4 Å². The van der Waals surface area contributed by atoms with Gasteiger partial charge in [-0.25, -0.2) is 4.39 Å². The Morgan fingerprint density at radius 1 is 1.12 bits per heavy atom. The maximum absolute atomic E-state index is 14.0. The number of benzene rings is 2. The summed E-state index contributed by atoms with van der Waals surface area (Å²) in [7, 11) is 0. The van der Waals surface area contributed by atoms with Crippen molar-refractivity contribution in [1.82, 2.24) is 10.2 Å². The molecule has 2 fully saturated rings. The Hall–Kier alpha value is -2.65. The lowest BCUT2D eigenvalue weighted by molar-refractivity contribution is -0.262. The molecule has 2 aromatic rings. The third-order valence-corrected chi connectivity index (χ3v) is 7.27. The summed E-state index contributed by atoms with van der Waals surface area (Å²) in [6.07, 6.45) is -4.60. The summed E-state index contributed by atoms with van der Waals surface area (Å²) in [5, 5.41) is 13.5. The number of alkyl halides is 3. The molecule has 2 heterocycles. The number of carbonyl (C=O) groups is 2. The fourth-order valence-corrected chi connectivity index (χ4v) is 5.33. The summed E-state index contributed by atoms with van der Waals surface area (Å²) in [5.41, 5.74) is -4.18. The molecule has 0 aromatic heterocycles. The van der Waals surface area contributed by atoms with E-state index in [0.717, 1.165) is 22.6 Å². The van der Waals surface area contributed by atoms with Crippen molar-refractivity contribution in [2.24, 2.45) is 5.41 Å². The van der Waals surface area contributed by atoms with Gasteiger partial charge in [0.25, 0.3) is 11.5 Å². The maximum Gasteiger partial charge on any atom is 0.430 e. The summed E-state index contributed by atoms with van der Waals surface area (Å²) in [5.74, 6) is -2.23. The minimum Gasteiger partial charge on any atom is -0.368 e. The Balaban J connectivity index is 1.60. The molecule has 2 amide bonds. The van der Waals surface area contributed by atoms with E-state index in [9.17, 15) is 32.3 Å². The Kier molecular flexibility index (Phi) is 6.37. The van der Waals surface area contributed by atoms with Gasteiger partial charge in [0.1, 0.15) is 5.82 Å². The van der Waals surface area contributed by atoms with Crippen LogP contribution in [0.3, 0.4) is 0 Å². The number of rotatable bonds is 3. The molecule has 2 aliphatic rings. The minimum absolute atomic E-state index is 0.0408. The first kappa shape index (κ1) is 24.5. The number of hydrogen-bond acceptors (Lipinski definition) is 3. The lowest BCUT2D eigenvalue weighted by Gasteiger charge is -2.50. The van der Waals surface area contributed by atoms with Gasteiger partial charge in [-0.3, -0.25) is 9.59 Å². The average molecular weight is 499 g/mol. The third-order valence-electron chi connectivity index (χ3n) is 7.04. The van der Waals surface area contributed by atoms with Gasteiger partial charge in [-0.2, -0.15) is 13.2 Å². The summed E-state index contributed by atoms with van der Waals surface area (Å²) in [6, 6.07) is 10.4. The highest BCUT2D eigenvalue weighted by Crippen LogP contribution is 2.50. The number of amides is 2. The number of carbonyl (C=O) groups excluding carboxylic acids is 2. The second kappa shape index (κ2) is 8.85. The SMILES string of the molecule is O=C1CC2(CCN(C(=O)[C@](O)(c3cccc(Cl)c3)C(F)(F)F)CC2)[C@H](c2ccc(F)cc2)CN1. The first-order chi connectivity index (χ1) is 16.0. The fraction of sp³-hybridized carbons (Fsp3) is 0.417. The van der Waals surface area contributed by atoms with Crippen molar-refractivity contribution in [2.75, 3.05) is 19.6 Å². The van der Waals surface area contributed by atoms with Crippen LogP contribution in [0.1, 0.15) is 36.3 Å². The maximum atomic E-state index is 14.0. The zero-order chi connectivity index (χ0) is 24.7. The van der Waals surface area contributed by atoms with Gasteiger partial charge in [0.2, 0.25) is 5.91 Å². The van der Waals surface area contributed by atoms with Gasteiger partial charge >= 0.3 is 6.18 Å². The molecule has 0 unspecified atom stereocenters. The number of likely N-dealkylation sites (tertiary alicyclic amines) is 1. The average Bonchev–Trinajstić information content (AvgIpc) is 2.79. The highest BCUT2D eigenvalue weighted by molar-refractivity contribution is 6.30. The molecule has 2 atom stereocenters. The topological polar surface area (TPSA) is 69.6 Å². The predicted molar refractivity (Wildman–Crippen MR) is 116 cm³/mol. The van der Waals surface area contributed by atoms with Crippen molar-refractivity contribution < 1.29 is 32.3 Å². The third kappa shape index (κ3) is 4.27. The van der Waals surface area contributed by atoms with Crippen LogP contribution >= 0.6 is 11.6 Å². The Morgan fingerprint density at radius 2 is 1.76 bits per heavy atom. The molecule has 0 aliphatic carbocycles. The molecule has 1 spiro atoms. The zero-order valence-corrected chi connectivity index (χ0v) is 18.8. The lowest BCUT2D eigenvalue weighted by Crippen LogP contribution is -2.59. The van der Waals surface area contributed by atoms with Crippen molar-refractivity contribution in [1.29, 1.82) is 0 Å².